The van der Waals surface area contributed by atoms with Crippen LogP contribution in [0.5, 0.6) is 0 Å². The molecular weight excluding hydrogens is 664 g/mol. The van der Waals surface area contributed by atoms with Crippen LogP contribution in [0.3, 0.4) is 0 Å². The number of benzene rings is 1. The van der Waals surface area contributed by atoms with Gasteiger partial charge in [0.25, 0.3) is 0 Å². The second-order valence-corrected chi connectivity index (χ2v) is 12.1. The van der Waals surface area contributed by atoms with Gasteiger partial charge in [-0.15, -0.1) is 0 Å². The predicted octanol–water partition coefficient (Wildman–Crippen LogP) is 1.53. The number of epoxide rings is 1. The van der Waals surface area contributed by atoms with Crippen molar-refractivity contribution in [1.29, 1.82) is 0 Å². The molecule has 0 bridgehead atoms. The van der Waals surface area contributed by atoms with Crippen LogP contribution < -0.4 is 0 Å². The number of rotatable bonds is 12. The summed E-state index contributed by atoms with van der Waals surface area (Å²) in [5.41, 5.74) is -0.452. The standard InChI is InChI=1S/C34H38O16/c1-17(35)43-16-34-26-23(27(31(34)50-34)44-18(2)36)13-14-41-32(26)49-33-30(47-21(5)39)29(46-20(4)38)28(45-19(3)37)24(48-33)15-42-25(40)12-11-22-9-7-6-8-10-22/h6-14,23-24,26-33H,15-16H2,1-5H3. The van der Waals surface area contributed by atoms with E-state index in [1.807, 2.05) is 6.07 Å². The van der Waals surface area contributed by atoms with Crippen molar-refractivity contribution in [2.24, 2.45) is 11.8 Å². The molecule has 0 radical (unpaired) electrons. The molecule has 0 amide bonds. The molecule has 3 fully saturated rings. The van der Waals surface area contributed by atoms with Crippen LogP contribution in [0.1, 0.15) is 40.2 Å². The molecule has 0 N–H and O–H groups in total. The molecule has 11 atom stereocenters. The van der Waals surface area contributed by atoms with Crippen molar-refractivity contribution in [1.82, 2.24) is 0 Å². The van der Waals surface area contributed by atoms with E-state index in [0.717, 1.165) is 26.3 Å². The van der Waals surface area contributed by atoms with Crippen molar-refractivity contribution >= 4 is 41.9 Å². The molecule has 3 heterocycles. The van der Waals surface area contributed by atoms with Gasteiger partial charge in [0.15, 0.2) is 18.3 Å². The number of esters is 6. The Kier molecular flexibility index (Phi) is 11.2. The molecule has 5 rings (SSSR count). The molecule has 50 heavy (non-hydrogen) atoms. The average Bonchev–Trinajstić information content (AvgIpc) is 3.72. The first-order valence-corrected chi connectivity index (χ1v) is 15.8. The Balaban J connectivity index is 1.44. The van der Waals surface area contributed by atoms with E-state index in [-0.39, 0.29) is 6.61 Å². The highest BCUT2D eigenvalue weighted by Crippen LogP contribution is 2.61. The van der Waals surface area contributed by atoms with Gasteiger partial charge < -0.3 is 47.4 Å². The molecular formula is C34H38O16. The highest BCUT2D eigenvalue weighted by atomic mass is 16.8. The van der Waals surface area contributed by atoms with Crippen LogP contribution in [0.4, 0.5) is 0 Å². The lowest BCUT2D eigenvalue weighted by molar-refractivity contribution is -0.346. The summed E-state index contributed by atoms with van der Waals surface area (Å²) in [4.78, 5) is 73.4. The van der Waals surface area contributed by atoms with E-state index in [0.29, 0.717) is 0 Å². The number of fused-ring (bicyclic) bond motifs is 3. The highest BCUT2D eigenvalue weighted by Gasteiger charge is 2.78. The van der Waals surface area contributed by atoms with Gasteiger partial charge in [0.2, 0.25) is 12.6 Å². The molecule has 3 aliphatic heterocycles. The average molecular weight is 703 g/mol. The second-order valence-electron chi connectivity index (χ2n) is 12.1. The van der Waals surface area contributed by atoms with Crippen LogP contribution in [0.15, 0.2) is 48.7 Å². The van der Waals surface area contributed by atoms with Crippen LogP contribution in [0, 0.1) is 11.8 Å². The Labute approximate surface area is 286 Å². The van der Waals surface area contributed by atoms with Gasteiger partial charge in [-0.1, -0.05) is 30.3 Å². The van der Waals surface area contributed by atoms with Gasteiger partial charge in [-0.25, -0.2) is 4.79 Å². The number of carbonyl (C=O) groups is 6. The minimum Gasteiger partial charge on any atom is -0.472 e. The number of hydrogen-bond donors (Lipinski definition) is 0. The maximum atomic E-state index is 12.7. The van der Waals surface area contributed by atoms with E-state index in [1.165, 1.54) is 32.3 Å². The molecule has 0 spiro atoms. The summed E-state index contributed by atoms with van der Waals surface area (Å²) in [7, 11) is 0. The van der Waals surface area contributed by atoms with Crippen LogP contribution in [0.2, 0.25) is 0 Å². The third-order valence-electron chi connectivity index (χ3n) is 8.40. The Hall–Kier alpha value is -4.80. The monoisotopic (exact) mass is 702 g/mol. The lowest BCUT2D eigenvalue weighted by Gasteiger charge is -2.46. The van der Waals surface area contributed by atoms with Crippen molar-refractivity contribution in [3.63, 3.8) is 0 Å². The van der Waals surface area contributed by atoms with Gasteiger partial charge in [-0.3, -0.25) is 24.0 Å². The maximum Gasteiger partial charge on any atom is 0.330 e. The second kappa shape index (κ2) is 15.4. The SMILES string of the molecule is CC(=O)OCC12OC1C(OC(C)=O)C1C=COC(OC3OC(COC(=O)C=Cc4ccccc4)C(OC(C)=O)C(OC(C)=O)C3OC(C)=O)C12. The Morgan fingerprint density at radius 2 is 1.36 bits per heavy atom. The predicted molar refractivity (Wildman–Crippen MR) is 164 cm³/mol. The summed E-state index contributed by atoms with van der Waals surface area (Å²) >= 11 is 0. The molecule has 11 unspecified atom stereocenters. The van der Waals surface area contributed by atoms with Gasteiger partial charge in [-0.2, -0.15) is 0 Å². The lowest BCUT2D eigenvalue weighted by atomic mass is 9.85. The Morgan fingerprint density at radius 3 is 2.00 bits per heavy atom. The van der Waals surface area contributed by atoms with Crippen molar-refractivity contribution in [2.45, 2.75) is 89.4 Å². The smallest absolute Gasteiger partial charge is 0.330 e. The zero-order valence-electron chi connectivity index (χ0n) is 27.9. The van der Waals surface area contributed by atoms with Crippen LogP contribution in [-0.2, 0) is 76.1 Å². The fourth-order valence-electron chi connectivity index (χ4n) is 6.53. The molecule has 1 saturated carbocycles. The van der Waals surface area contributed by atoms with Gasteiger partial charge in [-0.05, 0) is 17.7 Å². The third-order valence-corrected chi connectivity index (χ3v) is 8.40. The zero-order valence-corrected chi connectivity index (χ0v) is 27.9. The summed E-state index contributed by atoms with van der Waals surface area (Å²) in [5.74, 6) is -5.64. The summed E-state index contributed by atoms with van der Waals surface area (Å²) in [6.07, 6.45) is -4.39. The molecule has 4 aliphatic rings. The number of ether oxygens (including phenoxy) is 10. The van der Waals surface area contributed by atoms with Crippen LogP contribution in [0.25, 0.3) is 6.08 Å². The van der Waals surface area contributed by atoms with E-state index in [9.17, 15) is 28.8 Å². The van der Waals surface area contributed by atoms with Crippen molar-refractivity contribution in [3.05, 3.63) is 54.3 Å². The summed E-state index contributed by atoms with van der Waals surface area (Å²) in [6.45, 7) is 5.04. The maximum absolute atomic E-state index is 12.7. The summed E-state index contributed by atoms with van der Waals surface area (Å²) in [6, 6.07) is 8.97. The van der Waals surface area contributed by atoms with E-state index < -0.39 is 109 Å². The fourth-order valence-corrected chi connectivity index (χ4v) is 6.53. The van der Waals surface area contributed by atoms with Crippen LogP contribution >= 0.6 is 0 Å². The molecule has 1 aromatic rings. The van der Waals surface area contributed by atoms with E-state index >= 15 is 0 Å². The van der Waals surface area contributed by atoms with Gasteiger partial charge in [0.05, 0.1) is 12.2 Å². The molecule has 16 heteroatoms. The third kappa shape index (κ3) is 8.31. The normalized spacial score (nSPS) is 33.5. The van der Waals surface area contributed by atoms with Crippen LogP contribution in [-0.4, -0.2) is 104 Å². The quantitative estimate of drug-likeness (QED) is 0.131. The first kappa shape index (κ1) is 36.5. The zero-order chi connectivity index (χ0) is 36.2. The van der Waals surface area contributed by atoms with Gasteiger partial charge >= 0.3 is 35.8 Å². The minimum absolute atomic E-state index is 0.221. The molecule has 1 aliphatic carbocycles. The Bertz CT molecular complexity index is 1520. The highest BCUT2D eigenvalue weighted by molar-refractivity contribution is 5.87. The molecule has 1 aromatic carbocycles. The first-order valence-electron chi connectivity index (χ1n) is 15.8. The molecule has 270 valence electrons. The summed E-state index contributed by atoms with van der Waals surface area (Å²) in [5, 5.41) is 0. The minimum atomic E-state index is -1.59. The van der Waals surface area contributed by atoms with Crippen molar-refractivity contribution in [2.75, 3.05) is 13.2 Å². The lowest BCUT2D eigenvalue weighted by Crippen LogP contribution is -2.64. The van der Waals surface area contributed by atoms with E-state index in [1.54, 1.807) is 30.3 Å². The van der Waals surface area contributed by atoms with Gasteiger partial charge in [0, 0.05) is 46.6 Å². The number of carbonyl (C=O) groups excluding carboxylic acids is 6. The van der Waals surface area contributed by atoms with Crippen molar-refractivity contribution in [3.8, 4) is 0 Å². The topological polar surface area (TPSA) is 198 Å². The first-order chi connectivity index (χ1) is 23.8. The molecule has 0 aromatic heterocycles. The summed E-state index contributed by atoms with van der Waals surface area (Å²) < 4.78 is 57.3. The van der Waals surface area contributed by atoms with E-state index in [2.05, 4.69) is 0 Å². The van der Waals surface area contributed by atoms with Crippen molar-refractivity contribution < 1.29 is 76.1 Å². The fraction of sp³-hybridized carbons (Fsp3) is 0.529. The number of hydrogen-bond acceptors (Lipinski definition) is 16. The molecule has 16 nitrogen and oxygen atoms in total. The van der Waals surface area contributed by atoms with Gasteiger partial charge in [0.1, 0.15) is 37.1 Å². The van der Waals surface area contributed by atoms with E-state index in [4.69, 9.17) is 47.4 Å². The largest absolute Gasteiger partial charge is 0.472 e. The Morgan fingerprint density at radius 1 is 0.740 bits per heavy atom. The molecule has 2 saturated heterocycles.